The summed E-state index contributed by atoms with van der Waals surface area (Å²) in [5.74, 6) is 2.35. The first kappa shape index (κ1) is 20.0. The molecule has 29 heavy (non-hydrogen) atoms. The summed E-state index contributed by atoms with van der Waals surface area (Å²) in [6.07, 6.45) is 4.20. The van der Waals surface area contributed by atoms with Crippen molar-refractivity contribution < 1.29 is 0 Å². The van der Waals surface area contributed by atoms with Crippen LogP contribution in [0.5, 0.6) is 0 Å². The Morgan fingerprint density at radius 1 is 1.24 bits per heavy atom. The zero-order chi connectivity index (χ0) is 20.9. The number of imidazole rings is 1. The molecular weight excluding hydrogens is 382 g/mol. The van der Waals surface area contributed by atoms with E-state index in [9.17, 15) is 0 Å². The van der Waals surface area contributed by atoms with Gasteiger partial charge in [-0.15, -0.1) is 0 Å². The Labute approximate surface area is 178 Å². The second-order valence-corrected chi connectivity index (χ2v) is 8.73. The number of hydrogen-bond donors (Lipinski definition) is 1. The fourth-order valence-electron chi connectivity index (χ4n) is 4.63. The van der Waals surface area contributed by atoms with E-state index in [4.69, 9.17) is 16.6 Å². The molecular formula is C23H30ClN5. The maximum atomic E-state index is 6.74. The molecule has 1 aliphatic heterocycles. The highest BCUT2D eigenvalue weighted by molar-refractivity contribution is 6.35. The van der Waals surface area contributed by atoms with Crippen LogP contribution in [0.15, 0.2) is 24.4 Å². The molecule has 0 aliphatic carbocycles. The van der Waals surface area contributed by atoms with Crippen LogP contribution in [0.2, 0.25) is 5.02 Å². The van der Waals surface area contributed by atoms with Crippen LogP contribution in [0.3, 0.4) is 0 Å². The largest absolute Gasteiger partial charge is 0.363 e. The quantitative estimate of drug-likeness (QED) is 0.579. The summed E-state index contributed by atoms with van der Waals surface area (Å²) in [7, 11) is 4.03. The van der Waals surface area contributed by atoms with Crippen LogP contribution in [0.4, 0.5) is 11.8 Å². The normalized spacial score (nSPS) is 18.3. The molecule has 3 heterocycles. The van der Waals surface area contributed by atoms with E-state index in [0.29, 0.717) is 5.92 Å². The summed E-state index contributed by atoms with van der Waals surface area (Å²) in [6, 6.07) is 6.65. The number of nitrogens with zero attached hydrogens (tertiary/aromatic N) is 4. The highest BCUT2D eigenvalue weighted by Crippen LogP contribution is 2.43. The fourth-order valence-corrected chi connectivity index (χ4v) is 4.88. The Hall–Kier alpha value is -2.27. The van der Waals surface area contributed by atoms with Gasteiger partial charge in [0, 0.05) is 20.3 Å². The SMILES string of the molecule is CCC(CC)c1ccc(Cl)c2c1nc1n2C(c2cnc(N(C)C)cc2C)C(C)N1. The monoisotopic (exact) mass is 411 g/mol. The van der Waals surface area contributed by atoms with Crippen LogP contribution in [0, 0.1) is 6.92 Å². The van der Waals surface area contributed by atoms with E-state index < -0.39 is 0 Å². The molecule has 1 aromatic carbocycles. The van der Waals surface area contributed by atoms with E-state index in [1.165, 1.54) is 16.7 Å². The van der Waals surface area contributed by atoms with Gasteiger partial charge in [-0.3, -0.25) is 4.57 Å². The van der Waals surface area contributed by atoms with Gasteiger partial charge in [0.2, 0.25) is 5.95 Å². The van der Waals surface area contributed by atoms with Gasteiger partial charge in [0.15, 0.2) is 0 Å². The third-order valence-corrected chi connectivity index (χ3v) is 6.57. The lowest BCUT2D eigenvalue weighted by Crippen LogP contribution is -2.22. The molecule has 4 rings (SSSR count). The summed E-state index contributed by atoms with van der Waals surface area (Å²) in [5.41, 5.74) is 5.79. The van der Waals surface area contributed by atoms with Gasteiger partial charge in [-0.2, -0.15) is 0 Å². The Bertz CT molecular complexity index is 1050. The van der Waals surface area contributed by atoms with Crippen LogP contribution in [0.25, 0.3) is 11.0 Å². The number of aromatic nitrogens is 3. The fraction of sp³-hybridized carbons (Fsp3) is 0.478. The van der Waals surface area contributed by atoms with Crippen molar-refractivity contribution in [2.45, 2.75) is 58.5 Å². The second kappa shape index (κ2) is 7.52. The van der Waals surface area contributed by atoms with Crippen molar-refractivity contribution in [2.75, 3.05) is 24.3 Å². The van der Waals surface area contributed by atoms with E-state index in [2.05, 4.69) is 54.7 Å². The molecule has 2 aromatic heterocycles. The van der Waals surface area contributed by atoms with Gasteiger partial charge < -0.3 is 10.2 Å². The number of aryl methyl sites for hydroxylation is 1. The Balaban J connectivity index is 1.91. The van der Waals surface area contributed by atoms with Gasteiger partial charge in [0.25, 0.3) is 0 Å². The molecule has 0 bridgehead atoms. The molecule has 0 radical (unpaired) electrons. The maximum absolute atomic E-state index is 6.74. The van der Waals surface area contributed by atoms with E-state index in [1.807, 2.05) is 31.3 Å². The zero-order valence-corrected chi connectivity index (χ0v) is 18.9. The molecule has 2 atom stereocenters. The predicted octanol–water partition coefficient (Wildman–Crippen LogP) is 5.77. The van der Waals surface area contributed by atoms with Crippen LogP contribution >= 0.6 is 11.6 Å². The van der Waals surface area contributed by atoms with Crippen LogP contribution < -0.4 is 10.2 Å². The number of benzene rings is 1. The number of hydrogen-bond acceptors (Lipinski definition) is 4. The lowest BCUT2D eigenvalue weighted by atomic mass is 9.92. The van der Waals surface area contributed by atoms with Crippen LogP contribution in [0.1, 0.15) is 62.3 Å². The number of halogens is 1. The predicted molar refractivity (Wildman–Crippen MR) is 123 cm³/mol. The number of rotatable bonds is 5. The average Bonchev–Trinajstić information content (AvgIpc) is 3.19. The number of pyridine rings is 1. The Morgan fingerprint density at radius 2 is 1.97 bits per heavy atom. The van der Waals surface area contributed by atoms with E-state index in [0.717, 1.165) is 40.7 Å². The molecule has 1 N–H and O–H groups in total. The molecule has 0 saturated heterocycles. The standard InChI is InChI=1S/C23H30ClN5/c1-7-15(8-2)16-9-10-18(24)22-20(16)27-23-26-14(4)21(29(22)23)17-12-25-19(28(5)6)11-13(17)3/h9-12,14-15,21H,7-8H2,1-6H3,(H,26,27). The first-order valence-corrected chi connectivity index (χ1v) is 10.9. The van der Waals surface area contributed by atoms with E-state index in [-0.39, 0.29) is 12.1 Å². The Kier molecular flexibility index (Phi) is 5.19. The second-order valence-electron chi connectivity index (χ2n) is 8.32. The van der Waals surface area contributed by atoms with Crippen molar-refractivity contribution in [3.63, 3.8) is 0 Å². The summed E-state index contributed by atoms with van der Waals surface area (Å²) in [4.78, 5) is 11.7. The molecule has 6 heteroatoms. The van der Waals surface area contributed by atoms with Crippen molar-refractivity contribution in [1.82, 2.24) is 14.5 Å². The van der Waals surface area contributed by atoms with Gasteiger partial charge in [0.1, 0.15) is 5.82 Å². The van der Waals surface area contributed by atoms with Crippen molar-refractivity contribution in [3.05, 3.63) is 46.1 Å². The van der Waals surface area contributed by atoms with Crippen molar-refractivity contribution in [3.8, 4) is 0 Å². The van der Waals surface area contributed by atoms with Gasteiger partial charge in [-0.25, -0.2) is 9.97 Å². The molecule has 3 aromatic rings. The summed E-state index contributed by atoms with van der Waals surface area (Å²) >= 11 is 6.74. The van der Waals surface area contributed by atoms with E-state index in [1.54, 1.807) is 0 Å². The molecule has 0 spiro atoms. The van der Waals surface area contributed by atoms with Crippen molar-refractivity contribution in [2.24, 2.45) is 0 Å². The smallest absolute Gasteiger partial charge is 0.204 e. The minimum atomic E-state index is 0.105. The summed E-state index contributed by atoms with van der Waals surface area (Å²) in [6.45, 7) is 8.83. The average molecular weight is 412 g/mol. The lowest BCUT2D eigenvalue weighted by molar-refractivity contribution is 0.588. The van der Waals surface area contributed by atoms with Gasteiger partial charge >= 0.3 is 0 Å². The Morgan fingerprint density at radius 3 is 2.59 bits per heavy atom. The molecule has 0 fully saturated rings. The third kappa shape index (κ3) is 3.16. The maximum Gasteiger partial charge on any atom is 0.204 e. The van der Waals surface area contributed by atoms with Gasteiger partial charge in [-0.05, 0) is 61.4 Å². The molecule has 0 amide bonds. The molecule has 2 unspecified atom stereocenters. The molecule has 154 valence electrons. The molecule has 0 saturated carbocycles. The minimum absolute atomic E-state index is 0.105. The summed E-state index contributed by atoms with van der Waals surface area (Å²) < 4.78 is 2.29. The lowest BCUT2D eigenvalue weighted by Gasteiger charge is -2.23. The van der Waals surface area contributed by atoms with Crippen LogP contribution in [-0.4, -0.2) is 34.7 Å². The first-order valence-electron chi connectivity index (χ1n) is 10.5. The van der Waals surface area contributed by atoms with E-state index >= 15 is 0 Å². The highest BCUT2D eigenvalue weighted by Gasteiger charge is 2.35. The first-order chi connectivity index (χ1) is 13.9. The zero-order valence-electron chi connectivity index (χ0n) is 18.1. The van der Waals surface area contributed by atoms with Gasteiger partial charge in [0.05, 0.1) is 28.1 Å². The third-order valence-electron chi connectivity index (χ3n) is 6.27. The van der Waals surface area contributed by atoms with Crippen molar-refractivity contribution >= 4 is 34.4 Å². The topological polar surface area (TPSA) is 46.0 Å². The number of fused-ring (bicyclic) bond motifs is 3. The summed E-state index contributed by atoms with van der Waals surface area (Å²) in [5, 5.41) is 4.34. The molecule has 1 aliphatic rings. The van der Waals surface area contributed by atoms with Crippen LogP contribution in [-0.2, 0) is 0 Å². The van der Waals surface area contributed by atoms with Crippen molar-refractivity contribution in [1.29, 1.82) is 0 Å². The molecule has 5 nitrogen and oxygen atoms in total. The van der Waals surface area contributed by atoms with Gasteiger partial charge in [-0.1, -0.05) is 31.5 Å². The minimum Gasteiger partial charge on any atom is -0.363 e. The number of nitrogens with one attached hydrogen (secondary N) is 1. The number of anilines is 2. The highest BCUT2D eigenvalue weighted by atomic mass is 35.5.